The molecule has 0 aliphatic rings. The van der Waals surface area contributed by atoms with Gasteiger partial charge < -0.3 is 0 Å². The van der Waals surface area contributed by atoms with Crippen molar-refractivity contribution in [1.29, 1.82) is 0 Å². The number of allylic oxidation sites excluding steroid dienone is 1. The molecule has 0 aliphatic carbocycles. The summed E-state index contributed by atoms with van der Waals surface area (Å²) in [5.74, 6) is 0.897. The number of rotatable bonds is 4. The van der Waals surface area contributed by atoms with Crippen molar-refractivity contribution >= 4 is 12.6 Å². The first-order valence-electron chi connectivity index (χ1n) is 2.61. The van der Waals surface area contributed by atoms with Crippen LogP contribution in [0.5, 0.6) is 0 Å². The highest BCUT2D eigenvalue weighted by atomic mass is 32.1. The average molecular weight is 115 g/mol. The maximum absolute atomic E-state index is 4.73. The lowest BCUT2D eigenvalue weighted by Gasteiger charge is -1.86. The van der Waals surface area contributed by atoms with Crippen LogP contribution in [0.3, 0.4) is 0 Å². The molecule has 0 aromatic carbocycles. The molecule has 0 atom stereocenters. The summed E-state index contributed by atoms with van der Waals surface area (Å²) >= 11 is 4.73. The Morgan fingerprint density at radius 3 is 2.57 bits per heavy atom. The van der Waals surface area contributed by atoms with Crippen LogP contribution in [-0.2, 0) is 0 Å². The van der Waals surface area contributed by atoms with Crippen LogP contribution in [0.2, 0.25) is 0 Å². The predicted octanol–water partition coefficient (Wildman–Crippen LogP) is 2.54. The highest BCUT2D eigenvalue weighted by Crippen LogP contribution is 1.95. The second-order valence-electron chi connectivity index (χ2n) is 1.49. The van der Waals surface area contributed by atoms with Gasteiger partial charge in [0.15, 0.2) is 0 Å². The van der Waals surface area contributed by atoms with Crippen molar-refractivity contribution in [1.82, 2.24) is 0 Å². The van der Waals surface area contributed by atoms with Gasteiger partial charge in [0.1, 0.15) is 0 Å². The molecule has 0 aromatic rings. The van der Waals surface area contributed by atoms with Crippen LogP contribution in [-0.4, -0.2) is 5.75 Å². The molecular formula is C6H11S. The molecule has 0 amide bonds. The smallest absolute Gasteiger partial charge is 0.00370 e. The van der Waals surface area contributed by atoms with Gasteiger partial charge in [0.05, 0.1) is 0 Å². The Morgan fingerprint density at radius 1 is 1.43 bits per heavy atom. The van der Waals surface area contributed by atoms with Gasteiger partial charge in [-0.3, -0.25) is 0 Å². The van der Waals surface area contributed by atoms with E-state index in [2.05, 4.69) is 6.58 Å². The molecule has 0 aliphatic heterocycles. The van der Waals surface area contributed by atoms with E-state index >= 15 is 0 Å². The van der Waals surface area contributed by atoms with E-state index < -0.39 is 0 Å². The summed E-state index contributed by atoms with van der Waals surface area (Å²) < 4.78 is 0. The molecule has 0 rings (SSSR count). The minimum absolute atomic E-state index is 0.897. The van der Waals surface area contributed by atoms with Crippen LogP contribution in [0.25, 0.3) is 0 Å². The van der Waals surface area contributed by atoms with Crippen molar-refractivity contribution in [3.8, 4) is 0 Å². The SMILES string of the molecule is C=CCCCC[S]. The Labute approximate surface area is 51.0 Å². The minimum atomic E-state index is 0.897. The van der Waals surface area contributed by atoms with Crippen LogP contribution >= 0.6 is 12.6 Å². The number of unbranched alkanes of at least 4 members (excludes halogenated alkanes) is 2. The molecule has 0 unspecified atom stereocenters. The van der Waals surface area contributed by atoms with Crippen molar-refractivity contribution in [3.05, 3.63) is 12.7 Å². The molecular weight excluding hydrogens is 104 g/mol. The molecule has 0 heterocycles. The van der Waals surface area contributed by atoms with Crippen LogP contribution in [0.15, 0.2) is 12.7 Å². The largest absolute Gasteiger partial charge is 0.103 e. The van der Waals surface area contributed by atoms with E-state index in [1.807, 2.05) is 6.08 Å². The first kappa shape index (κ1) is 7.09. The van der Waals surface area contributed by atoms with Gasteiger partial charge in [0.2, 0.25) is 0 Å². The van der Waals surface area contributed by atoms with E-state index in [1.165, 1.54) is 12.8 Å². The van der Waals surface area contributed by atoms with Gasteiger partial charge in [-0.1, -0.05) is 18.7 Å². The summed E-state index contributed by atoms with van der Waals surface area (Å²) in [6.07, 6.45) is 5.44. The van der Waals surface area contributed by atoms with Gasteiger partial charge in [0, 0.05) is 5.75 Å². The van der Waals surface area contributed by atoms with Crippen LogP contribution < -0.4 is 0 Å². The summed E-state index contributed by atoms with van der Waals surface area (Å²) in [4.78, 5) is 0. The average Bonchev–Trinajstić information content (AvgIpc) is 1.69. The van der Waals surface area contributed by atoms with Crippen molar-refractivity contribution in [2.24, 2.45) is 0 Å². The fourth-order valence-corrected chi connectivity index (χ4v) is 0.595. The van der Waals surface area contributed by atoms with Gasteiger partial charge in [-0.25, -0.2) is 0 Å². The Balaban J connectivity index is 2.56. The van der Waals surface area contributed by atoms with Crippen molar-refractivity contribution in [2.45, 2.75) is 19.3 Å². The van der Waals surface area contributed by atoms with Gasteiger partial charge in [-0.05, 0) is 19.3 Å². The molecule has 1 heteroatoms. The fraction of sp³-hybridized carbons (Fsp3) is 0.667. The van der Waals surface area contributed by atoms with Gasteiger partial charge in [-0.15, -0.1) is 6.58 Å². The third kappa shape index (κ3) is 6.09. The van der Waals surface area contributed by atoms with E-state index in [0.29, 0.717) is 0 Å². The highest BCUT2D eigenvalue weighted by molar-refractivity contribution is 7.80. The molecule has 41 valence electrons. The molecule has 0 N–H and O–H groups in total. The molecule has 0 saturated carbocycles. The summed E-state index contributed by atoms with van der Waals surface area (Å²) in [7, 11) is 0. The minimum Gasteiger partial charge on any atom is -0.103 e. The van der Waals surface area contributed by atoms with Gasteiger partial charge in [-0.2, -0.15) is 0 Å². The maximum Gasteiger partial charge on any atom is 0.00370 e. The summed E-state index contributed by atoms with van der Waals surface area (Å²) in [5.41, 5.74) is 0. The van der Waals surface area contributed by atoms with Crippen LogP contribution in [0.1, 0.15) is 19.3 Å². The molecule has 0 spiro atoms. The maximum atomic E-state index is 4.73. The zero-order valence-electron chi connectivity index (χ0n) is 4.52. The Morgan fingerprint density at radius 2 is 2.14 bits per heavy atom. The lowest BCUT2D eigenvalue weighted by molar-refractivity contribution is 0.826. The zero-order valence-corrected chi connectivity index (χ0v) is 5.34. The standard InChI is InChI=1S/C6H11S/c1-2-3-4-5-6-7/h2H,1,3-6H2. The Kier molecular flexibility index (Phi) is 6.17. The van der Waals surface area contributed by atoms with Crippen LogP contribution in [0, 0.1) is 0 Å². The molecule has 1 radical (unpaired) electrons. The second-order valence-corrected chi connectivity index (χ2v) is 1.90. The molecule has 0 saturated heterocycles. The summed E-state index contributed by atoms with van der Waals surface area (Å²) in [6.45, 7) is 3.60. The highest BCUT2D eigenvalue weighted by Gasteiger charge is 1.78. The third-order valence-corrected chi connectivity index (χ3v) is 1.09. The Bertz CT molecular complexity index is 41.4. The first-order valence-corrected chi connectivity index (χ1v) is 3.18. The summed E-state index contributed by atoms with van der Waals surface area (Å²) in [6, 6.07) is 0. The van der Waals surface area contributed by atoms with E-state index in [-0.39, 0.29) is 0 Å². The number of hydrogen-bond acceptors (Lipinski definition) is 0. The van der Waals surface area contributed by atoms with Gasteiger partial charge in [0.25, 0.3) is 0 Å². The van der Waals surface area contributed by atoms with E-state index in [9.17, 15) is 0 Å². The quantitative estimate of drug-likeness (QED) is 0.390. The van der Waals surface area contributed by atoms with Crippen LogP contribution in [0.4, 0.5) is 0 Å². The molecule has 0 fully saturated rings. The van der Waals surface area contributed by atoms with Crippen molar-refractivity contribution in [2.75, 3.05) is 5.75 Å². The zero-order chi connectivity index (χ0) is 5.54. The van der Waals surface area contributed by atoms with E-state index in [1.54, 1.807) is 0 Å². The predicted molar refractivity (Wildman–Crippen MR) is 36.5 cm³/mol. The summed E-state index contributed by atoms with van der Waals surface area (Å²) in [5, 5.41) is 0. The van der Waals surface area contributed by atoms with E-state index in [0.717, 1.165) is 12.2 Å². The monoisotopic (exact) mass is 115 g/mol. The van der Waals surface area contributed by atoms with E-state index in [4.69, 9.17) is 12.6 Å². The normalized spacial score (nSPS) is 8.71. The van der Waals surface area contributed by atoms with Crippen molar-refractivity contribution < 1.29 is 0 Å². The topological polar surface area (TPSA) is 0 Å². The number of hydrogen-bond donors (Lipinski definition) is 0. The first-order chi connectivity index (χ1) is 3.41. The van der Waals surface area contributed by atoms with Gasteiger partial charge >= 0.3 is 0 Å². The van der Waals surface area contributed by atoms with Crippen molar-refractivity contribution in [3.63, 3.8) is 0 Å². The molecule has 0 aromatic heterocycles. The molecule has 7 heavy (non-hydrogen) atoms. The molecule has 0 nitrogen and oxygen atoms in total. The Hall–Kier alpha value is 0.0900. The lowest BCUT2D eigenvalue weighted by atomic mass is 10.2. The third-order valence-electron chi connectivity index (χ3n) is 0.803. The fourth-order valence-electron chi connectivity index (χ4n) is 0.391. The molecule has 0 bridgehead atoms. The lowest BCUT2D eigenvalue weighted by Crippen LogP contribution is -1.72. The second kappa shape index (κ2) is 6.09.